The van der Waals surface area contributed by atoms with Gasteiger partial charge in [-0.1, -0.05) is 0 Å². The molecule has 0 aromatic heterocycles. The van der Waals surface area contributed by atoms with Crippen LogP contribution >= 0.6 is 0 Å². The van der Waals surface area contributed by atoms with Crippen molar-refractivity contribution in [1.29, 1.82) is 0 Å². The van der Waals surface area contributed by atoms with Crippen LogP contribution in [0.2, 0.25) is 0 Å². The highest BCUT2D eigenvalue weighted by Crippen LogP contribution is 2.13. The lowest BCUT2D eigenvalue weighted by Gasteiger charge is -2.17. The summed E-state index contributed by atoms with van der Waals surface area (Å²) < 4.78 is 17.9. The summed E-state index contributed by atoms with van der Waals surface area (Å²) in [5, 5.41) is 19.4. The molecule has 0 saturated heterocycles. The molecule has 0 fully saturated rings. The fourth-order valence-corrected chi connectivity index (χ4v) is 1.43. The normalized spacial score (nSPS) is 13.0. The highest BCUT2D eigenvalue weighted by Gasteiger charge is 2.26. The number of carbonyl (C=O) groups excluding carboxylic acids is 1. The van der Waals surface area contributed by atoms with Gasteiger partial charge >= 0.3 is 11.9 Å². The number of carboxylic acids is 2. The zero-order valence-corrected chi connectivity index (χ0v) is 11.1. The van der Waals surface area contributed by atoms with Gasteiger partial charge in [-0.2, -0.15) is 0 Å². The summed E-state index contributed by atoms with van der Waals surface area (Å²) in [6.07, 6.45) is -1.81. The predicted octanol–water partition coefficient (Wildman–Crippen LogP) is 0.637. The Hall–Kier alpha value is -2.64. The zero-order chi connectivity index (χ0) is 16.0. The molecule has 0 spiro atoms. The quantitative estimate of drug-likeness (QED) is 0.681. The second kappa shape index (κ2) is 7.22. The lowest BCUT2D eigenvalue weighted by molar-refractivity contribution is -0.147. The molecular weight excluding hydrogens is 285 g/mol. The number of ether oxygens (including phenoxy) is 1. The van der Waals surface area contributed by atoms with E-state index in [9.17, 15) is 18.8 Å². The monoisotopic (exact) mass is 299 g/mol. The van der Waals surface area contributed by atoms with E-state index < -0.39 is 42.2 Å². The molecule has 1 rings (SSSR count). The maximum absolute atomic E-state index is 12.7. The third-order valence-electron chi connectivity index (χ3n) is 2.49. The van der Waals surface area contributed by atoms with Crippen LogP contribution in [0.3, 0.4) is 0 Å². The van der Waals surface area contributed by atoms with Gasteiger partial charge in [0.25, 0.3) is 5.91 Å². The molecule has 1 aromatic carbocycles. The van der Waals surface area contributed by atoms with Gasteiger partial charge in [-0.3, -0.25) is 9.59 Å². The van der Waals surface area contributed by atoms with Gasteiger partial charge in [-0.25, -0.2) is 9.18 Å². The molecule has 0 heterocycles. The first-order valence-electron chi connectivity index (χ1n) is 5.96. The number of halogens is 1. The minimum Gasteiger partial charge on any atom is -0.481 e. The summed E-state index contributed by atoms with van der Waals surface area (Å²) >= 11 is 0. The molecule has 1 unspecified atom stereocenters. The molecule has 1 aromatic rings. The van der Waals surface area contributed by atoms with Gasteiger partial charge in [-0.15, -0.1) is 0 Å². The Bertz CT molecular complexity index is 530. The summed E-state index contributed by atoms with van der Waals surface area (Å²) in [6.45, 7) is 1.36. The number of carbonyl (C=O) groups is 3. The van der Waals surface area contributed by atoms with E-state index in [1.54, 1.807) is 0 Å². The smallest absolute Gasteiger partial charge is 0.326 e. The van der Waals surface area contributed by atoms with Crippen molar-refractivity contribution in [2.75, 3.05) is 0 Å². The summed E-state index contributed by atoms with van der Waals surface area (Å²) in [5.41, 5.74) is 0. The highest BCUT2D eigenvalue weighted by molar-refractivity contribution is 5.88. The van der Waals surface area contributed by atoms with E-state index in [-0.39, 0.29) is 5.75 Å². The van der Waals surface area contributed by atoms with Gasteiger partial charge in [0, 0.05) is 0 Å². The lowest BCUT2D eigenvalue weighted by atomic mass is 10.2. The number of amides is 1. The minimum atomic E-state index is -1.55. The Kier molecular flexibility index (Phi) is 5.65. The van der Waals surface area contributed by atoms with Crippen molar-refractivity contribution < 1.29 is 33.7 Å². The Morgan fingerprint density at radius 2 is 1.81 bits per heavy atom. The van der Waals surface area contributed by atoms with E-state index in [1.807, 2.05) is 0 Å². The van der Waals surface area contributed by atoms with Crippen molar-refractivity contribution in [2.45, 2.75) is 25.5 Å². The average Bonchev–Trinajstić information content (AvgIpc) is 2.39. The number of hydrogen-bond donors (Lipinski definition) is 3. The molecule has 0 aliphatic rings. The first-order chi connectivity index (χ1) is 9.79. The standard InChI is InChI=1S/C13H14FNO6/c1-7(21-9-4-2-8(14)3-5-9)12(18)15-10(13(19)20)6-11(16)17/h2-5,7,10H,6H2,1H3,(H,15,18)(H,16,17)(H,19,20)/t7?,10-/m1/s1. The van der Waals surface area contributed by atoms with Gasteiger partial charge in [-0.05, 0) is 31.2 Å². The van der Waals surface area contributed by atoms with Crippen LogP contribution < -0.4 is 10.1 Å². The molecule has 114 valence electrons. The number of carboxylic acid groups (broad SMARTS) is 2. The third-order valence-corrected chi connectivity index (χ3v) is 2.49. The molecule has 0 saturated carbocycles. The van der Waals surface area contributed by atoms with Crippen LogP contribution in [0.25, 0.3) is 0 Å². The predicted molar refractivity (Wildman–Crippen MR) is 68.3 cm³/mol. The molecule has 0 bridgehead atoms. The summed E-state index contributed by atoms with van der Waals surface area (Å²) in [7, 11) is 0. The summed E-state index contributed by atoms with van der Waals surface area (Å²) in [6, 6.07) is 3.36. The first kappa shape index (κ1) is 16.4. The minimum absolute atomic E-state index is 0.226. The molecule has 3 N–H and O–H groups in total. The Morgan fingerprint density at radius 1 is 1.24 bits per heavy atom. The van der Waals surface area contributed by atoms with Crippen molar-refractivity contribution in [3.05, 3.63) is 30.1 Å². The van der Waals surface area contributed by atoms with Crippen molar-refractivity contribution in [3.63, 3.8) is 0 Å². The maximum atomic E-state index is 12.7. The Labute approximate surface area is 119 Å². The average molecular weight is 299 g/mol. The number of benzene rings is 1. The van der Waals surface area contributed by atoms with E-state index in [0.29, 0.717) is 0 Å². The van der Waals surface area contributed by atoms with E-state index in [0.717, 1.165) is 12.1 Å². The van der Waals surface area contributed by atoms with Crippen LogP contribution in [0.5, 0.6) is 5.75 Å². The van der Waals surface area contributed by atoms with E-state index >= 15 is 0 Å². The number of hydrogen-bond acceptors (Lipinski definition) is 4. The molecule has 0 aliphatic heterocycles. The number of aliphatic carboxylic acids is 2. The van der Waals surface area contributed by atoms with Crippen molar-refractivity contribution >= 4 is 17.8 Å². The number of nitrogens with one attached hydrogen (secondary N) is 1. The Morgan fingerprint density at radius 3 is 2.29 bits per heavy atom. The van der Waals surface area contributed by atoms with Gasteiger partial charge < -0.3 is 20.3 Å². The van der Waals surface area contributed by atoms with Crippen LogP contribution in [0.15, 0.2) is 24.3 Å². The first-order valence-corrected chi connectivity index (χ1v) is 5.96. The van der Waals surface area contributed by atoms with Crippen molar-refractivity contribution in [1.82, 2.24) is 5.32 Å². The van der Waals surface area contributed by atoms with Crippen LogP contribution in [0.4, 0.5) is 4.39 Å². The molecule has 0 aliphatic carbocycles. The van der Waals surface area contributed by atoms with Gasteiger partial charge in [0.15, 0.2) is 6.10 Å². The van der Waals surface area contributed by atoms with Crippen LogP contribution in [0.1, 0.15) is 13.3 Å². The topological polar surface area (TPSA) is 113 Å². The molecule has 8 heteroatoms. The Balaban J connectivity index is 2.62. The summed E-state index contributed by atoms with van der Waals surface area (Å²) in [5.74, 6) is -3.83. The van der Waals surface area contributed by atoms with Crippen LogP contribution in [0, 0.1) is 5.82 Å². The molecule has 1 amide bonds. The highest BCUT2D eigenvalue weighted by atomic mass is 19.1. The van der Waals surface area contributed by atoms with Crippen LogP contribution in [-0.4, -0.2) is 40.2 Å². The van der Waals surface area contributed by atoms with E-state index in [4.69, 9.17) is 14.9 Å². The van der Waals surface area contributed by atoms with Crippen molar-refractivity contribution in [3.8, 4) is 5.75 Å². The fraction of sp³-hybridized carbons (Fsp3) is 0.308. The molecule has 2 atom stereocenters. The molecule has 0 radical (unpaired) electrons. The van der Waals surface area contributed by atoms with Gasteiger partial charge in [0.1, 0.15) is 17.6 Å². The van der Waals surface area contributed by atoms with E-state index in [2.05, 4.69) is 5.32 Å². The third kappa shape index (κ3) is 5.47. The molecule has 7 nitrogen and oxygen atoms in total. The van der Waals surface area contributed by atoms with Gasteiger partial charge in [0.05, 0.1) is 6.42 Å². The SMILES string of the molecule is CC(Oc1ccc(F)cc1)C(=O)N[C@H](CC(=O)O)C(=O)O. The second-order valence-electron chi connectivity index (χ2n) is 4.21. The maximum Gasteiger partial charge on any atom is 0.326 e. The largest absolute Gasteiger partial charge is 0.481 e. The second-order valence-corrected chi connectivity index (χ2v) is 4.21. The van der Waals surface area contributed by atoms with Crippen LogP contribution in [-0.2, 0) is 14.4 Å². The number of rotatable bonds is 7. The fourth-order valence-electron chi connectivity index (χ4n) is 1.43. The summed E-state index contributed by atoms with van der Waals surface area (Å²) in [4.78, 5) is 33.1. The van der Waals surface area contributed by atoms with Crippen molar-refractivity contribution in [2.24, 2.45) is 0 Å². The zero-order valence-electron chi connectivity index (χ0n) is 11.1. The molecule has 21 heavy (non-hydrogen) atoms. The van der Waals surface area contributed by atoms with Gasteiger partial charge in [0.2, 0.25) is 0 Å². The lowest BCUT2D eigenvalue weighted by Crippen LogP contribution is -2.47. The molecular formula is C13H14FNO6. The van der Waals surface area contributed by atoms with E-state index in [1.165, 1.54) is 19.1 Å².